The Labute approximate surface area is 96.7 Å². The van der Waals surface area contributed by atoms with Gasteiger partial charge in [-0.3, -0.25) is 0 Å². The predicted octanol–water partition coefficient (Wildman–Crippen LogP) is 2.74. The number of aryl methyl sites for hydroxylation is 1. The van der Waals surface area contributed by atoms with Gasteiger partial charge in [0.2, 0.25) is 5.76 Å². The molecular formula is C12H10FNO3. The fraction of sp³-hybridized carbons (Fsp3) is 0.167. The maximum absolute atomic E-state index is 13.3. The van der Waals surface area contributed by atoms with Crippen LogP contribution in [0.15, 0.2) is 28.8 Å². The van der Waals surface area contributed by atoms with Gasteiger partial charge in [0.15, 0.2) is 0 Å². The molecule has 17 heavy (non-hydrogen) atoms. The minimum absolute atomic E-state index is 0.262. The lowest BCUT2D eigenvalue weighted by atomic mass is 10.1. The topological polar surface area (TPSA) is 63.3 Å². The largest absolute Gasteiger partial charge is 0.475 e. The van der Waals surface area contributed by atoms with Crippen LogP contribution in [0.3, 0.4) is 0 Å². The number of hydrogen-bond donors (Lipinski definition) is 1. The quantitative estimate of drug-likeness (QED) is 0.888. The zero-order valence-corrected chi connectivity index (χ0v) is 9.11. The normalized spacial score (nSPS) is 10.5. The Bertz CT molecular complexity index is 563. The number of aromatic nitrogens is 1. The van der Waals surface area contributed by atoms with Crippen molar-refractivity contribution >= 4 is 5.97 Å². The summed E-state index contributed by atoms with van der Waals surface area (Å²) in [6, 6.07) is 5.76. The van der Waals surface area contributed by atoms with Crippen molar-refractivity contribution < 1.29 is 18.8 Å². The molecule has 5 heteroatoms. The van der Waals surface area contributed by atoms with Gasteiger partial charge in [0.05, 0.1) is 0 Å². The van der Waals surface area contributed by atoms with Crippen LogP contribution in [0, 0.1) is 5.82 Å². The Morgan fingerprint density at radius 2 is 2.18 bits per heavy atom. The Kier molecular flexibility index (Phi) is 2.91. The number of halogens is 1. The first-order valence-electron chi connectivity index (χ1n) is 5.10. The lowest BCUT2D eigenvalue weighted by Crippen LogP contribution is -1.91. The van der Waals surface area contributed by atoms with E-state index in [4.69, 9.17) is 5.11 Å². The van der Waals surface area contributed by atoms with Gasteiger partial charge in [-0.1, -0.05) is 12.1 Å². The molecule has 1 heterocycles. The van der Waals surface area contributed by atoms with E-state index in [0.29, 0.717) is 17.7 Å². The molecule has 0 spiro atoms. The maximum atomic E-state index is 13.3. The second-order valence-corrected chi connectivity index (χ2v) is 3.58. The van der Waals surface area contributed by atoms with Gasteiger partial charge < -0.3 is 9.63 Å². The van der Waals surface area contributed by atoms with Gasteiger partial charge in [-0.25, -0.2) is 9.18 Å². The number of carboxylic acids is 1. The highest BCUT2D eigenvalue weighted by molar-refractivity contribution is 5.85. The molecule has 2 rings (SSSR count). The van der Waals surface area contributed by atoms with Crippen LogP contribution in [0.4, 0.5) is 4.39 Å². The number of hydrogen-bond acceptors (Lipinski definition) is 3. The third-order valence-electron chi connectivity index (χ3n) is 2.38. The Hall–Kier alpha value is -2.17. The summed E-state index contributed by atoms with van der Waals surface area (Å²) in [5, 5.41) is 12.3. The molecule has 0 fully saturated rings. The smallest absolute Gasteiger partial charge is 0.374 e. The molecule has 2 aromatic rings. The second-order valence-electron chi connectivity index (χ2n) is 3.58. The highest BCUT2D eigenvalue weighted by Crippen LogP contribution is 2.22. The molecule has 1 N–H and O–H groups in total. The van der Waals surface area contributed by atoms with Gasteiger partial charge >= 0.3 is 5.97 Å². The zero-order chi connectivity index (χ0) is 12.4. The van der Waals surface area contributed by atoms with E-state index in [1.165, 1.54) is 18.2 Å². The summed E-state index contributed by atoms with van der Waals surface area (Å²) in [5.41, 5.74) is 1.65. The van der Waals surface area contributed by atoms with Gasteiger partial charge in [0.1, 0.15) is 11.5 Å². The summed E-state index contributed by atoms with van der Waals surface area (Å²) in [6.45, 7) is 1.91. The molecule has 0 aliphatic heterocycles. The van der Waals surface area contributed by atoms with Crippen LogP contribution in [0.25, 0.3) is 11.3 Å². The molecule has 0 amide bonds. The molecule has 1 aromatic carbocycles. The Balaban J connectivity index is 2.44. The van der Waals surface area contributed by atoms with Gasteiger partial charge in [-0.2, -0.15) is 0 Å². The number of carboxylic acid groups (broad SMARTS) is 1. The minimum Gasteiger partial charge on any atom is -0.475 e. The fourth-order valence-corrected chi connectivity index (χ4v) is 1.51. The highest BCUT2D eigenvalue weighted by atomic mass is 19.1. The van der Waals surface area contributed by atoms with Crippen molar-refractivity contribution in [3.63, 3.8) is 0 Å². The molecule has 0 bridgehead atoms. The van der Waals surface area contributed by atoms with Crippen molar-refractivity contribution in [1.29, 1.82) is 0 Å². The van der Waals surface area contributed by atoms with Crippen LogP contribution in [0.5, 0.6) is 0 Å². The fourth-order valence-electron chi connectivity index (χ4n) is 1.51. The average molecular weight is 235 g/mol. The predicted molar refractivity (Wildman–Crippen MR) is 58.2 cm³/mol. The number of rotatable bonds is 3. The molecule has 0 atom stereocenters. The maximum Gasteiger partial charge on any atom is 0.374 e. The van der Waals surface area contributed by atoms with Crippen molar-refractivity contribution in [1.82, 2.24) is 5.16 Å². The summed E-state index contributed by atoms with van der Waals surface area (Å²) in [7, 11) is 0. The van der Waals surface area contributed by atoms with E-state index in [1.54, 1.807) is 6.07 Å². The first-order chi connectivity index (χ1) is 8.10. The third-order valence-corrected chi connectivity index (χ3v) is 2.38. The third kappa shape index (κ3) is 2.33. The van der Waals surface area contributed by atoms with Crippen molar-refractivity contribution in [3.05, 3.63) is 41.4 Å². The summed E-state index contributed by atoms with van der Waals surface area (Å²) in [5.74, 6) is -1.84. The molecule has 0 saturated heterocycles. The highest BCUT2D eigenvalue weighted by Gasteiger charge is 2.13. The lowest BCUT2D eigenvalue weighted by molar-refractivity contribution is 0.0652. The lowest BCUT2D eigenvalue weighted by Gasteiger charge is -2.00. The van der Waals surface area contributed by atoms with Crippen molar-refractivity contribution in [3.8, 4) is 11.3 Å². The molecule has 0 unspecified atom stereocenters. The van der Waals surface area contributed by atoms with E-state index in [0.717, 1.165) is 5.56 Å². The molecule has 0 aliphatic carbocycles. The van der Waals surface area contributed by atoms with Crippen LogP contribution in [-0.4, -0.2) is 16.2 Å². The van der Waals surface area contributed by atoms with E-state index >= 15 is 0 Å². The summed E-state index contributed by atoms with van der Waals surface area (Å²) >= 11 is 0. The zero-order valence-electron chi connectivity index (χ0n) is 9.11. The van der Waals surface area contributed by atoms with E-state index in [-0.39, 0.29) is 11.6 Å². The molecule has 1 aromatic heterocycles. The summed E-state index contributed by atoms with van der Waals surface area (Å²) < 4.78 is 17.9. The molecule has 0 aliphatic rings. The van der Waals surface area contributed by atoms with Crippen LogP contribution in [0.1, 0.15) is 23.0 Å². The van der Waals surface area contributed by atoms with E-state index in [1.807, 2.05) is 6.92 Å². The van der Waals surface area contributed by atoms with Gasteiger partial charge in [-0.05, 0) is 30.2 Å². The van der Waals surface area contributed by atoms with Gasteiger partial charge in [-0.15, -0.1) is 0 Å². The number of benzene rings is 1. The van der Waals surface area contributed by atoms with Crippen molar-refractivity contribution in [2.45, 2.75) is 13.3 Å². The van der Waals surface area contributed by atoms with Gasteiger partial charge in [0.25, 0.3) is 0 Å². The first-order valence-corrected chi connectivity index (χ1v) is 5.10. The summed E-state index contributed by atoms with van der Waals surface area (Å²) in [6.07, 6.45) is 0.689. The molecule has 4 nitrogen and oxygen atoms in total. The van der Waals surface area contributed by atoms with Crippen LogP contribution < -0.4 is 0 Å². The second kappa shape index (κ2) is 4.37. The van der Waals surface area contributed by atoms with E-state index in [2.05, 4.69) is 9.68 Å². The van der Waals surface area contributed by atoms with Crippen molar-refractivity contribution in [2.24, 2.45) is 0 Å². The monoisotopic (exact) mass is 235 g/mol. The Morgan fingerprint density at radius 3 is 2.76 bits per heavy atom. The SMILES string of the molecule is CCc1cc(F)cc(-c2cc(C(=O)O)on2)c1. The molecule has 0 radical (unpaired) electrons. The van der Waals surface area contributed by atoms with Crippen LogP contribution >= 0.6 is 0 Å². The number of nitrogens with zero attached hydrogens (tertiary/aromatic N) is 1. The average Bonchev–Trinajstić information content (AvgIpc) is 2.77. The molecule has 0 saturated carbocycles. The molecular weight excluding hydrogens is 225 g/mol. The summed E-state index contributed by atoms with van der Waals surface area (Å²) in [4.78, 5) is 10.6. The van der Waals surface area contributed by atoms with Crippen LogP contribution in [0.2, 0.25) is 0 Å². The number of carbonyl (C=O) groups is 1. The van der Waals surface area contributed by atoms with Gasteiger partial charge in [0, 0.05) is 11.6 Å². The number of aromatic carboxylic acids is 1. The first kappa shape index (κ1) is 11.3. The van der Waals surface area contributed by atoms with Crippen molar-refractivity contribution in [2.75, 3.05) is 0 Å². The van der Waals surface area contributed by atoms with Crippen LogP contribution in [-0.2, 0) is 6.42 Å². The Morgan fingerprint density at radius 1 is 1.41 bits per heavy atom. The minimum atomic E-state index is -1.20. The van der Waals surface area contributed by atoms with E-state index < -0.39 is 5.97 Å². The van der Waals surface area contributed by atoms with E-state index in [9.17, 15) is 9.18 Å². The standard InChI is InChI=1S/C12H10FNO3/c1-2-7-3-8(5-9(13)4-7)10-6-11(12(15)16)17-14-10/h3-6H,2H2,1H3,(H,15,16). The molecule has 88 valence electrons.